The molecule has 16 nitrogen and oxygen atoms in total. The number of carbonyl (C=O) groups is 2. The summed E-state index contributed by atoms with van der Waals surface area (Å²) in [6.07, 6.45) is 12.3. The standard InChI is InChI=1S/C55H64N12O4/c1-6-33-21-43(66(49(33)56-2)26-31-7-8-31)52-60-40-20-37(23-45(70-5)48(40)64(52)4)53(68)61-46-25-57-30-55(46)24-38(55)29-71-47-14-12-35-22-44(67(50(35)62-47)27-32-9-10-32)51-59-39-19-36(11-13-42(39)63(51)3)54(69)65-18-16-34-15-17-58-41(34)28-65/h6,11-14,19-23,31-32,34,38,41,46,57-58H,7-10,15-18,24-30H2,1-5H3,(H,61,68)/b33-6-,56-49+/t34-,38?,41+,46-,55?/m0/s1. The molecule has 3 aliphatic carbocycles. The van der Waals surface area contributed by atoms with Crippen LogP contribution in [-0.2, 0) is 20.6 Å². The number of piperidine rings is 1. The fraction of sp³-hybridized carbons (Fsp3) is 0.491. The van der Waals surface area contributed by atoms with Crippen molar-refractivity contribution in [1.82, 2.24) is 54.4 Å². The number of hydrogen-bond acceptors (Lipinski definition) is 10. The number of hydrogen-bond donors (Lipinski definition) is 3. The summed E-state index contributed by atoms with van der Waals surface area (Å²) in [6.45, 7) is 8.43. The molecule has 2 aromatic carbocycles. The van der Waals surface area contributed by atoms with Gasteiger partial charge in [0.05, 0.1) is 41.7 Å². The molecule has 4 aliphatic heterocycles. The number of aromatic nitrogens is 6. The number of carbonyl (C=O) groups excluding carboxylic acids is 2. The molecule has 7 aliphatic rings. The lowest BCUT2D eigenvalue weighted by molar-refractivity contribution is 0.0669. The molecule has 2 unspecified atom stereocenters. The summed E-state index contributed by atoms with van der Waals surface area (Å²) in [6, 6.07) is 16.3. The number of allylic oxidation sites excluding steroid dienone is 1. The van der Waals surface area contributed by atoms with Gasteiger partial charge in [0.2, 0.25) is 5.88 Å². The molecule has 8 heterocycles. The summed E-state index contributed by atoms with van der Waals surface area (Å²) >= 11 is 0. The van der Waals surface area contributed by atoms with Crippen molar-refractivity contribution in [2.45, 2.75) is 70.5 Å². The van der Waals surface area contributed by atoms with E-state index in [-0.39, 0.29) is 29.2 Å². The van der Waals surface area contributed by atoms with Crippen LogP contribution in [0.4, 0.5) is 0 Å². The number of benzene rings is 2. The average molecular weight is 957 g/mol. The molecule has 368 valence electrons. The largest absolute Gasteiger partial charge is 0.494 e. The van der Waals surface area contributed by atoms with Crippen LogP contribution < -0.4 is 25.4 Å². The Morgan fingerprint density at radius 2 is 1.75 bits per heavy atom. The molecular weight excluding hydrogens is 893 g/mol. The molecule has 2 amide bonds. The molecule has 4 aromatic heterocycles. The van der Waals surface area contributed by atoms with Gasteiger partial charge in [-0.3, -0.25) is 14.6 Å². The molecule has 5 atom stereocenters. The van der Waals surface area contributed by atoms with E-state index in [2.05, 4.69) is 70.9 Å². The minimum atomic E-state index is -0.143. The van der Waals surface area contributed by atoms with Crippen LogP contribution in [0.5, 0.6) is 11.6 Å². The normalized spacial score (nSPS) is 26.2. The van der Waals surface area contributed by atoms with Crippen LogP contribution in [0.3, 0.4) is 0 Å². The Labute approximate surface area is 413 Å². The highest BCUT2D eigenvalue weighted by molar-refractivity contribution is 6.11. The second-order valence-electron chi connectivity index (χ2n) is 21.5. The van der Waals surface area contributed by atoms with Gasteiger partial charge < -0.3 is 48.9 Å². The number of ether oxygens (including phenoxy) is 2. The van der Waals surface area contributed by atoms with Gasteiger partial charge in [0.1, 0.15) is 22.7 Å². The zero-order valence-electron chi connectivity index (χ0n) is 41.5. The van der Waals surface area contributed by atoms with Crippen LogP contribution in [0.2, 0.25) is 0 Å². The smallest absolute Gasteiger partial charge is 0.253 e. The molecule has 6 fully saturated rings. The first-order valence-corrected chi connectivity index (χ1v) is 25.9. The molecule has 0 radical (unpaired) electrons. The third-order valence-corrected chi connectivity index (χ3v) is 17.1. The van der Waals surface area contributed by atoms with E-state index < -0.39 is 0 Å². The van der Waals surface area contributed by atoms with Gasteiger partial charge in [-0.2, -0.15) is 4.98 Å². The summed E-state index contributed by atoms with van der Waals surface area (Å²) in [5.74, 6) is 5.96. The second-order valence-corrected chi connectivity index (χ2v) is 21.5. The van der Waals surface area contributed by atoms with Crippen molar-refractivity contribution in [2.75, 3.05) is 60.0 Å². The number of amidine groups is 1. The zero-order chi connectivity index (χ0) is 48.3. The third kappa shape index (κ3) is 7.62. The Balaban J connectivity index is 0.711. The first-order valence-electron chi connectivity index (χ1n) is 25.9. The SMILES string of the molecule is C/C=C1/C=C(c2nc3cc(C(=O)N[C@H]4CNCC45CC5COc4ccc5cc(-c6nc7cc(C(=O)N8CC[C@@H]9CCN[C@@H]9C8)ccc7n6C)n(CC6CC6)c5n4)cc(OC)c3n2C)N(CC2CC2)/C1=N/C. The summed E-state index contributed by atoms with van der Waals surface area (Å²) < 4.78 is 19.0. The predicted octanol–water partition coefficient (Wildman–Crippen LogP) is 6.55. The first-order chi connectivity index (χ1) is 34.6. The maximum atomic E-state index is 14.2. The third-order valence-electron chi connectivity index (χ3n) is 17.1. The highest BCUT2D eigenvalue weighted by atomic mass is 16.5. The molecular formula is C55H64N12O4. The number of imidazole rings is 2. The Morgan fingerprint density at radius 1 is 0.930 bits per heavy atom. The Bertz CT molecular complexity index is 3260. The van der Waals surface area contributed by atoms with Gasteiger partial charge in [0, 0.05) is 112 Å². The van der Waals surface area contributed by atoms with Gasteiger partial charge in [-0.25, -0.2) is 9.97 Å². The Morgan fingerprint density at radius 3 is 2.55 bits per heavy atom. The minimum Gasteiger partial charge on any atom is -0.494 e. The minimum absolute atomic E-state index is 0.0618. The topological polar surface area (TPSA) is 161 Å². The fourth-order valence-electron chi connectivity index (χ4n) is 12.5. The van der Waals surface area contributed by atoms with E-state index in [4.69, 9.17) is 24.4 Å². The second kappa shape index (κ2) is 17.1. The van der Waals surface area contributed by atoms with Crippen molar-refractivity contribution in [3.63, 3.8) is 0 Å². The average Bonchev–Trinajstić information content (AvgIpc) is 4.29. The number of aliphatic imine (C=N–C) groups is 1. The molecule has 13 rings (SSSR count). The van der Waals surface area contributed by atoms with Crippen molar-refractivity contribution in [1.29, 1.82) is 0 Å². The molecule has 0 bridgehead atoms. The summed E-state index contributed by atoms with van der Waals surface area (Å²) in [5, 5.41) is 11.6. The van der Waals surface area contributed by atoms with Crippen LogP contribution in [0, 0.1) is 29.1 Å². The van der Waals surface area contributed by atoms with Crippen LogP contribution in [0.15, 0.2) is 71.2 Å². The molecule has 16 heteroatoms. The van der Waals surface area contributed by atoms with Crippen molar-refractivity contribution in [3.05, 3.63) is 83.2 Å². The number of fused-ring (bicyclic) bond motifs is 4. The van der Waals surface area contributed by atoms with Gasteiger partial charge in [0.15, 0.2) is 11.6 Å². The number of amides is 2. The van der Waals surface area contributed by atoms with Gasteiger partial charge in [-0.05, 0) is 125 Å². The van der Waals surface area contributed by atoms with Gasteiger partial charge >= 0.3 is 0 Å². The van der Waals surface area contributed by atoms with Crippen molar-refractivity contribution in [2.24, 2.45) is 48.2 Å². The lowest BCUT2D eigenvalue weighted by Crippen LogP contribution is -2.48. The van der Waals surface area contributed by atoms with Crippen LogP contribution in [-0.4, -0.2) is 128 Å². The van der Waals surface area contributed by atoms with E-state index in [0.29, 0.717) is 65.2 Å². The molecule has 6 aromatic rings. The highest BCUT2D eigenvalue weighted by Gasteiger charge is 2.61. The zero-order valence-corrected chi connectivity index (χ0v) is 41.5. The number of nitrogens with zero attached hydrogens (tertiary/aromatic N) is 9. The quantitative estimate of drug-likeness (QED) is 0.116. The number of rotatable bonds is 13. The lowest BCUT2D eigenvalue weighted by Gasteiger charge is -2.35. The summed E-state index contributed by atoms with van der Waals surface area (Å²) in [4.78, 5) is 52.5. The van der Waals surface area contributed by atoms with E-state index in [1.807, 2.05) is 62.3 Å². The maximum Gasteiger partial charge on any atom is 0.253 e. The molecule has 71 heavy (non-hydrogen) atoms. The number of nitrogens with one attached hydrogen (secondary N) is 3. The molecule has 1 spiro atoms. The van der Waals surface area contributed by atoms with E-state index in [1.54, 1.807) is 7.11 Å². The number of methoxy groups -OCH3 is 1. The highest BCUT2D eigenvalue weighted by Crippen LogP contribution is 2.56. The number of likely N-dealkylation sites (tertiary alicyclic amines) is 1. The van der Waals surface area contributed by atoms with Crippen LogP contribution in [0.25, 0.3) is 50.3 Å². The number of pyridine rings is 1. The molecule has 3 saturated heterocycles. The molecule has 3 saturated carbocycles. The van der Waals surface area contributed by atoms with Crippen molar-refractivity contribution < 1.29 is 19.1 Å². The first kappa shape index (κ1) is 44.4. The van der Waals surface area contributed by atoms with Crippen LogP contribution >= 0.6 is 0 Å². The predicted molar refractivity (Wildman–Crippen MR) is 275 cm³/mol. The van der Waals surface area contributed by atoms with E-state index in [0.717, 1.165) is 114 Å². The van der Waals surface area contributed by atoms with Gasteiger partial charge in [-0.15, -0.1) is 0 Å². The maximum absolute atomic E-state index is 14.2. The number of aryl methyl sites for hydroxylation is 2. The monoisotopic (exact) mass is 957 g/mol. The van der Waals surface area contributed by atoms with Crippen molar-refractivity contribution in [3.8, 4) is 23.1 Å². The summed E-state index contributed by atoms with van der Waals surface area (Å²) in [5.41, 5.74) is 8.47. The Kier molecular flexibility index (Phi) is 10.7. The Hall–Kier alpha value is -6.52. The lowest BCUT2D eigenvalue weighted by atomic mass is 9.92. The fourth-order valence-corrected chi connectivity index (χ4v) is 12.5. The van der Waals surface area contributed by atoms with Crippen LogP contribution in [0.1, 0.15) is 78.4 Å². The van der Waals surface area contributed by atoms with Gasteiger partial charge in [0.25, 0.3) is 11.8 Å². The van der Waals surface area contributed by atoms with E-state index >= 15 is 0 Å². The van der Waals surface area contributed by atoms with Crippen molar-refractivity contribution >= 4 is 56.4 Å². The van der Waals surface area contributed by atoms with E-state index in [1.165, 1.54) is 32.1 Å². The summed E-state index contributed by atoms with van der Waals surface area (Å²) in [7, 11) is 7.58. The molecule has 3 N–H and O–H groups in total. The van der Waals surface area contributed by atoms with Gasteiger partial charge in [-0.1, -0.05) is 6.08 Å². The van der Waals surface area contributed by atoms with E-state index in [9.17, 15) is 9.59 Å².